The highest BCUT2D eigenvalue weighted by Crippen LogP contribution is 2.20. The normalized spacial score (nSPS) is 11.5. The number of carbonyl (C=O) groups excluding carboxylic acids is 1. The maximum atomic E-state index is 13.1. The Balaban J connectivity index is 2.01. The van der Waals surface area contributed by atoms with Crippen molar-refractivity contribution in [3.63, 3.8) is 0 Å². The Bertz CT molecular complexity index is 914. The van der Waals surface area contributed by atoms with Gasteiger partial charge in [0.15, 0.2) is 4.80 Å². The van der Waals surface area contributed by atoms with E-state index >= 15 is 0 Å². The Kier molecular flexibility index (Phi) is 5.40. The van der Waals surface area contributed by atoms with Crippen LogP contribution < -0.4 is 10.1 Å². The lowest BCUT2D eigenvalue weighted by Crippen LogP contribution is -2.28. The standard InChI is InChI=1S/C19H18FN3OS/c1-14(24)21-11-12-23-18(15-5-3-2-4-6-15)13-25-19(23)22-17-9-7-16(20)8-10-17/h2-10,13H,11-12H2,1H3,(H,21,24). The Morgan fingerprint density at radius 2 is 1.88 bits per heavy atom. The summed E-state index contributed by atoms with van der Waals surface area (Å²) in [5.74, 6) is -0.345. The molecule has 1 heterocycles. The van der Waals surface area contributed by atoms with Crippen LogP contribution in [-0.4, -0.2) is 17.0 Å². The van der Waals surface area contributed by atoms with Crippen LogP contribution in [0.25, 0.3) is 11.3 Å². The zero-order valence-electron chi connectivity index (χ0n) is 13.8. The number of thiazole rings is 1. The van der Waals surface area contributed by atoms with Gasteiger partial charge in [0, 0.05) is 25.4 Å². The molecule has 0 aliphatic carbocycles. The highest BCUT2D eigenvalue weighted by Gasteiger charge is 2.08. The molecule has 0 fully saturated rings. The molecule has 25 heavy (non-hydrogen) atoms. The molecule has 0 radical (unpaired) electrons. The van der Waals surface area contributed by atoms with Crippen LogP contribution in [-0.2, 0) is 11.3 Å². The molecule has 0 unspecified atom stereocenters. The summed E-state index contributed by atoms with van der Waals surface area (Å²) < 4.78 is 15.2. The third-order valence-corrected chi connectivity index (χ3v) is 4.49. The van der Waals surface area contributed by atoms with Gasteiger partial charge in [-0.2, -0.15) is 0 Å². The number of rotatable bonds is 5. The first-order valence-electron chi connectivity index (χ1n) is 7.92. The average molecular weight is 355 g/mol. The molecule has 0 bridgehead atoms. The lowest BCUT2D eigenvalue weighted by molar-refractivity contribution is -0.118. The molecule has 6 heteroatoms. The Morgan fingerprint density at radius 3 is 2.56 bits per heavy atom. The summed E-state index contributed by atoms with van der Waals surface area (Å²) in [6, 6.07) is 16.1. The fraction of sp³-hybridized carbons (Fsp3) is 0.158. The molecule has 0 saturated heterocycles. The van der Waals surface area contributed by atoms with Gasteiger partial charge in [-0.05, 0) is 29.8 Å². The van der Waals surface area contributed by atoms with E-state index in [1.54, 1.807) is 12.1 Å². The smallest absolute Gasteiger partial charge is 0.216 e. The molecule has 0 aliphatic rings. The number of nitrogens with one attached hydrogen (secondary N) is 1. The zero-order valence-corrected chi connectivity index (χ0v) is 14.6. The van der Waals surface area contributed by atoms with Gasteiger partial charge in [-0.25, -0.2) is 9.38 Å². The molecule has 3 rings (SSSR count). The van der Waals surface area contributed by atoms with E-state index in [4.69, 9.17) is 0 Å². The minimum Gasteiger partial charge on any atom is -0.355 e. The van der Waals surface area contributed by atoms with Crippen LogP contribution in [0.1, 0.15) is 6.92 Å². The predicted octanol–water partition coefficient (Wildman–Crippen LogP) is 3.72. The number of amides is 1. The largest absolute Gasteiger partial charge is 0.355 e. The third-order valence-electron chi connectivity index (χ3n) is 3.63. The van der Waals surface area contributed by atoms with Crippen LogP contribution in [0.5, 0.6) is 0 Å². The van der Waals surface area contributed by atoms with Crippen LogP contribution in [0, 0.1) is 5.82 Å². The number of benzene rings is 2. The van der Waals surface area contributed by atoms with Crippen LogP contribution >= 0.6 is 11.3 Å². The highest BCUT2D eigenvalue weighted by molar-refractivity contribution is 7.07. The van der Waals surface area contributed by atoms with E-state index in [1.165, 1.54) is 30.4 Å². The lowest BCUT2D eigenvalue weighted by atomic mass is 10.2. The molecule has 0 spiro atoms. The van der Waals surface area contributed by atoms with E-state index in [0.29, 0.717) is 18.8 Å². The summed E-state index contributed by atoms with van der Waals surface area (Å²) >= 11 is 1.52. The molecule has 1 aromatic heterocycles. The van der Waals surface area contributed by atoms with Gasteiger partial charge in [0.25, 0.3) is 0 Å². The van der Waals surface area contributed by atoms with Crippen molar-refractivity contribution in [2.75, 3.05) is 6.54 Å². The van der Waals surface area contributed by atoms with E-state index in [2.05, 4.69) is 14.9 Å². The minimum absolute atomic E-state index is 0.0610. The van der Waals surface area contributed by atoms with Gasteiger partial charge in [0.05, 0.1) is 11.4 Å². The molecular formula is C19H18FN3OS. The molecule has 2 aromatic carbocycles. The van der Waals surface area contributed by atoms with Crippen molar-refractivity contribution in [1.82, 2.24) is 9.88 Å². The molecule has 0 aliphatic heterocycles. The van der Waals surface area contributed by atoms with Gasteiger partial charge in [-0.15, -0.1) is 11.3 Å². The summed E-state index contributed by atoms with van der Waals surface area (Å²) in [4.78, 5) is 16.6. The summed E-state index contributed by atoms with van der Waals surface area (Å²) in [5, 5.41) is 4.86. The molecule has 128 valence electrons. The second kappa shape index (κ2) is 7.90. The number of hydrogen-bond donors (Lipinski definition) is 1. The van der Waals surface area contributed by atoms with Crippen molar-refractivity contribution in [3.8, 4) is 11.3 Å². The van der Waals surface area contributed by atoms with Crippen molar-refractivity contribution in [3.05, 3.63) is 70.6 Å². The first-order chi connectivity index (χ1) is 12.1. The van der Waals surface area contributed by atoms with Gasteiger partial charge in [0.1, 0.15) is 5.82 Å². The second-order valence-corrected chi connectivity index (χ2v) is 6.33. The summed E-state index contributed by atoms with van der Waals surface area (Å²) in [5.41, 5.74) is 2.81. The molecule has 0 saturated carbocycles. The summed E-state index contributed by atoms with van der Waals surface area (Å²) in [7, 11) is 0. The van der Waals surface area contributed by atoms with Crippen molar-refractivity contribution < 1.29 is 9.18 Å². The highest BCUT2D eigenvalue weighted by atomic mass is 32.1. The SMILES string of the molecule is CC(=O)NCCn1c(-c2ccccc2)csc1=Nc1ccc(F)cc1. The monoisotopic (exact) mass is 355 g/mol. The Hall–Kier alpha value is -2.73. The number of carbonyl (C=O) groups is 1. The lowest BCUT2D eigenvalue weighted by Gasteiger charge is -2.09. The summed E-state index contributed by atoms with van der Waals surface area (Å²) in [6.07, 6.45) is 0. The van der Waals surface area contributed by atoms with Gasteiger partial charge < -0.3 is 9.88 Å². The van der Waals surface area contributed by atoms with Crippen molar-refractivity contribution in [2.45, 2.75) is 13.5 Å². The van der Waals surface area contributed by atoms with Crippen molar-refractivity contribution >= 4 is 22.9 Å². The number of hydrogen-bond acceptors (Lipinski definition) is 3. The number of aromatic nitrogens is 1. The van der Waals surface area contributed by atoms with E-state index < -0.39 is 0 Å². The van der Waals surface area contributed by atoms with Crippen LogP contribution in [0.15, 0.2) is 65.0 Å². The van der Waals surface area contributed by atoms with Crippen LogP contribution in [0.3, 0.4) is 0 Å². The van der Waals surface area contributed by atoms with Gasteiger partial charge in [-0.3, -0.25) is 4.79 Å². The topological polar surface area (TPSA) is 46.4 Å². The molecule has 1 amide bonds. The first-order valence-corrected chi connectivity index (χ1v) is 8.80. The van der Waals surface area contributed by atoms with Gasteiger partial charge in [-0.1, -0.05) is 30.3 Å². The van der Waals surface area contributed by atoms with Crippen LogP contribution in [0.4, 0.5) is 10.1 Å². The maximum Gasteiger partial charge on any atom is 0.216 e. The average Bonchev–Trinajstić information content (AvgIpc) is 3.00. The van der Waals surface area contributed by atoms with Crippen molar-refractivity contribution in [2.24, 2.45) is 4.99 Å². The minimum atomic E-state index is -0.284. The number of nitrogens with zero attached hydrogens (tertiary/aromatic N) is 2. The molecule has 4 nitrogen and oxygen atoms in total. The fourth-order valence-electron chi connectivity index (χ4n) is 2.44. The fourth-order valence-corrected chi connectivity index (χ4v) is 3.40. The van der Waals surface area contributed by atoms with E-state index in [0.717, 1.165) is 16.1 Å². The van der Waals surface area contributed by atoms with Gasteiger partial charge >= 0.3 is 0 Å². The second-order valence-electron chi connectivity index (χ2n) is 5.49. The molecular weight excluding hydrogens is 337 g/mol. The van der Waals surface area contributed by atoms with E-state index in [9.17, 15) is 9.18 Å². The zero-order chi connectivity index (χ0) is 17.6. The Labute approximate surface area is 149 Å². The van der Waals surface area contributed by atoms with E-state index in [-0.39, 0.29) is 11.7 Å². The maximum absolute atomic E-state index is 13.1. The first kappa shape index (κ1) is 17.1. The molecule has 1 N–H and O–H groups in total. The summed E-state index contributed by atoms with van der Waals surface area (Å²) in [6.45, 7) is 2.62. The number of halogens is 1. The van der Waals surface area contributed by atoms with Crippen molar-refractivity contribution in [1.29, 1.82) is 0 Å². The Morgan fingerprint density at radius 1 is 1.16 bits per heavy atom. The third kappa shape index (κ3) is 4.42. The van der Waals surface area contributed by atoms with E-state index in [1.807, 2.05) is 35.7 Å². The van der Waals surface area contributed by atoms with Crippen LogP contribution in [0.2, 0.25) is 0 Å². The molecule has 0 atom stereocenters. The quantitative estimate of drug-likeness (QED) is 0.745. The van der Waals surface area contributed by atoms with Gasteiger partial charge in [0.2, 0.25) is 5.91 Å². The predicted molar refractivity (Wildman–Crippen MR) is 98.1 cm³/mol. The molecule has 3 aromatic rings.